The first-order valence-electron chi connectivity index (χ1n) is 20.3. The van der Waals surface area contributed by atoms with Gasteiger partial charge in [-0.2, -0.15) is 5.10 Å². The summed E-state index contributed by atoms with van der Waals surface area (Å²) in [5, 5.41) is 14.4. The van der Waals surface area contributed by atoms with E-state index in [-0.39, 0.29) is 59.6 Å². The molecule has 6 aliphatic rings. The minimum Gasteiger partial charge on any atom is -0.489 e. The number of hydrogen-bond acceptors (Lipinski definition) is 7. The van der Waals surface area contributed by atoms with E-state index in [1.54, 1.807) is 0 Å². The van der Waals surface area contributed by atoms with Gasteiger partial charge in [-0.15, -0.1) is 0 Å². The molecule has 0 radical (unpaired) electrons. The van der Waals surface area contributed by atoms with E-state index < -0.39 is 6.09 Å². The van der Waals surface area contributed by atoms with Gasteiger partial charge in [0.25, 0.3) is 0 Å². The number of ether oxygens (including phenoxy) is 2. The number of carbonyl (C=O) groups excluding carboxylic acids is 2. The molecule has 1 aromatic carbocycles. The summed E-state index contributed by atoms with van der Waals surface area (Å²) in [5.41, 5.74) is 4.12. The zero-order valence-electron chi connectivity index (χ0n) is 32.0. The molecule has 12 heteroatoms. The van der Waals surface area contributed by atoms with Crippen LogP contribution in [0.1, 0.15) is 104 Å². The first-order chi connectivity index (χ1) is 25.4. The maximum Gasteiger partial charge on any atom is 0.407 e. The van der Waals surface area contributed by atoms with Crippen LogP contribution in [-0.4, -0.2) is 117 Å². The molecule has 3 atom stereocenters. The van der Waals surface area contributed by atoms with E-state index in [9.17, 15) is 19.5 Å². The van der Waals surface area contributed by atoms with Crippen molar-refractivity contribution in [3.05, 3.63) is 30.1 Å². The van der Waals surface area contributed by atoms with Crippen molar-refractivity contribution in [2.75, 3.05) is 44.2 Å². The highest BCUT2D eigenvalue weighted by Gasteiger charge is 2.50. The quantitative estimate of drug-likeness (QED) is 0.335. The second kappa shape index (κ2) is 14.5. The van der Waals surface area contributed by atoms with E-state index in [0.29, 0.717) is 26.2 Å². The number of benzene rings is 1. The molecule has 5 heterocycles. The predicted octanol–water partition coefficient (Wildman–Crippen LogP) is 5.98. The van der Waals surface area contributed by atoms with Gasteiger partial charge in [0, 0.05) is 61.0 Å². The number of piperidine rings is 2. The maximum absolute atomic E-state index is 13.4. The molecule has 3 saturated heterocycles. The highest BCUT2D eigenvalue weighted by atomic mass is 16.5. The lowest BCUT2D eigenvalue weighted by Gasteiger charge is -2.53. The number of anilines is 1. The summed E-state index contributed by atoms with van der Waals surface area (Å²) in [6, 6.07) is 4.60. The highest BCUT2D eigenvalue weighted by Crippen LogP contribution is 2.46. The summed E-state index contributed by atoms with van der Waals surface area (Å²) >= 11 is 0. The third-order valence-corrected chi connectivity index (χ3v) is 12.8. The summed E-state index contributed by atoms with van der Waals surface area (Å²) < 4.78 is 15.3. The van der Waals surface area contributed by atoms with Crippen LogP contribution < -0.4 is 9.64 Å². The molecule has 1 aromatic heterocycles. The number of likely N-dealkylation sites (tertiary alicyclic amines) is 3. The van der Waals surface area contributed by atoms with Crippen molar-refractivity contribution in [1.82, 2.24) is 24.5 Å². The maximum atomic E-state index is 13.4. The van der Waals surface area contributed by atoms with Gasteiger partial charge in [0.1, 0.15) is 5.75 Å². The van der Waals surface area contributed by atoms with Crippen molar-refractivity contribution >= 4 is 23.6 Å². The number of carboxylic acid groups (broad SMARTS) is 1. The van der Waals surface area contributed by atoms with Gasteiger partial charge in [-0.3, -0.25) is 24.1 Å². The van der Waals surface area contributed by atoms with Crippen molar-refractivity contribution in [2.24, 2.45) is 11.3 Å². The number of rotatable bonds is 9. The molecule has 1 N–H and O–H groups in total. The van der Waals surface area contributed by atoms with Gasteiger partial charge in [-0.05, 0) is 95.1 Å². The fourth-order valence-corrected chi connectivity index (χ4v) is 9.29. The second-order valence-corrected chi connectivity index (χ2v) is 17.7. The van der Waals surface area contributed by atoms with Gasteiger partial charge in [-0.25, -0.2) is 4.79 Å². The summed E-state index contributed by atoms with van der Waals surface area (Å²) in [6.45, 7) is 12.2. The fraction of sp³-hybridized carbons (Fsp3) is 0.707. The number of amides is 3. The van der Waals surface area contributed by atoms with Crippen LogP contribution in [0.5, 0.6) is 5.75 Å². The third kappa shape index (κ3) is 7.42. The van der Waals surface area contributed by atoms with Crippen LogP contribution in [0.3, 0.4) is 0 Å². The van der Waals surface area contributed by atoms with Gasteiger partial charge >= 0.3 is 6.09 Å². The Morgan fingerprint density at radius 1 is 0.925 bits per heavy atom. The molecule has 2 aliphatic carbocycles. The summed E-state index contributed by atoms with van der Waals surface area (Å²) in [5.74, 6) is 1.56. The minimum absolute atomic E-state index is 0.0524. The van der Waals surface area contributed by atoms with Crippen molar-refractivity contribution in [3.8, 4) is 16.9 Å². The van der Waals surface area contributed by atoms with Crippen LogP contribution in [0.25, 0.3) is 11.1 Å². The lowest BCUT2D eigenvalue weighted by molar-refractivity contribution is -0.161. The Balaban J connectivity index is 0.853. The molecule has 0 spiro atoms. The predicted molar refractivity (Wildman–Crippen MR) is 201 cm³/mol. The number of nitrogens with zero attached hydrogens (tertiary/aromatic N) is 6. The van der Waals surface area contributed by atoms with Crippen molar-refractivity contribution < 1.29 is 29.0 Å². The van der Waals surface area contributed by atoms with Crippen LogP contribution in [0.4, 0.5) is 10.5 Å². The van der Waals surface area contributed by atoms with Gasteiger partial charge in [0.2, 0.25) is 11.8 Å². The molecule has 3 amide bonds. The summed E-state index contributed by atoms with van der Waals surface area (Å²) in [7, 11) is 0. The van der Waals surface area contributed by atoms with Crippen LogP contribution >= 0.6 is 0 Å². The molecule has 4 aliphatic heterocycles. The second-order valence-electron chi connectivity index (χ2n) is 17.7. The Morgan fingerprint density at radius 2 is 1.66 bits per heavy atom. The molecule has 2 unspecified atom stereocenters. The molecule has 12 nitrogen and oxygen atoms in total. The Morgan fingerprint density at radius 3 is 2.30 bits per heavy atom. The average Bonchev–Trinajstić information content (AvgIpc) is 3.83. The van der Waals surface area contributed by atoms with Crippen LogP contribution in [-0.2, 0) is 20.7 Å². The first kappa shape index (κ1) is 36.3. The number of hydrogen-bond donors (Lipinski definition) is 1. The van der Waals surface area contributed by atoms with E-state index in [1.807, 2.05) is 11.1 Å². The van der Waals surface area contributed by atoms with Crippen molar-refractivity contribution in [1.29, 1.82) is 0 Å². The molecule has 0 bridgehead atoms. The Bertz CT molecular complexity index is 1680. The van der Waals surface area contributed by atoms with Gasteiger partial charge in [-0.1, -0.05) is 20.8 Å². The molecule has 2 saturated carbocycles. The lowest BCUT2D eigenvalue weighted by atomic mass is 9.77. The van der Waals surface area contributed by atoms with Crippen LogP contribution in [0, 0.1) is 11.3 Å². The van der Waals surface area contributed by atoms with Crippen LogP contribution in [0.15, 0.2) is 24.5 Å². The molecule has 8 rings (SSSR count). The summed E-state index contributed by atoms with van der Waals surface area (Å²) in [4.78, 5) is 46.2. The zero-order valence-corrected chi connectivity index (χ0v) is 32.0. The smallest absolute Gasteiger partial charge is 0.407 e. The molecular weight excluding hydrogens is 672 g/mol. The summed E-state index contributed by atoms with van der Waals surface area (Å²) in [6.07, 6.45) is 14.1. The van der Waals surface area contributed by atoms with E-state index in [1.165, 1.54) is 16.9 Å². The SMILES string of the molecule is C[C@H]1CCc2c(ccc(-c3cnn(C4CCN(CC(=O)N5CCC(OC6CN(C(=O)O)C6C(C)(C)C)CC5)CC4)c3)c2OC2CCC2)N1C(=O)C1CC1. The molecule has 288 valence electrons. The number of fused-ring (bicyclic) bond motifs is 1. The normalized spacial score (nSPS) is 26.2. The fourth-order valence-electron chi connectivity index (χ4n) is 9.29. The molecular formula is C41H58N6O6. The Kier molecular flexibility index (Phi) is 9.97. The molecule has 53 heavy (non-hydrogen) atoms. The highest BCUT2D eigenvalue weighted by molar-refractivity contribution is 5.99. The molecule has 5 fully saturated rings. The topological polar surface area (TPSA) is 121 Å². The third-order valence-electron chi connectivity index (χ3n) is 12.8. The van der Waals surface area contributed by atoms with Gasteiger partial charge in [0.15, 0.2) is 0 Å². The van der Waals surface area contributed by atoms with Crippen molar-refractivity contribution in [3.63, 3.8) is 0 Å². The molecule has 2 aromatic rings. The number of carbonyl (C=O) groups is 3. The number of aromatic nitrogens is 2. The van der Waals surface area contributed by atoms with E-state index in [0.717, 1.165) is 99.9 Å². The van der Waals surface area contributed by atoms with Crippen molar-refractivity contribution in [2.45, 2.75) is 135 Å². The lowest BCUT2D eigenvalue weighted by Crippen LogP contribution is -2.68. The Hall–Kier alpha value is -3.64. The minimum atomic E-state index is -0.887. The Labute approximate surface area is 313 Å². The zero-order chi connectivity index (χ0) is 37.0. The van der Waals surface area contributed by atoms with Gasteiger partial charge < -0.3 is 24.4 Å². The standard InChI is InChI=1S/C41H58N6O6/c1-26-8-11-33-34(47(26)39(49)27-9-10-27)13-12-32(37(33)53-30-6-5-7-30)28-22-42-46(23-28)29-14-18-43(19-15-29)25-36(48)44-20-16-31(17-21-44)52-35-24-45(40(50)51)38(35)41(2,3)4/h12-13,22-23,26-27,29-31,35,38H,5-11,14-21,24-25H2,1-4H3,(H,50,51)/t26-,35?,38?/m0/s1. The largest absolute Gasteiger partial charge is 0.489 e. The van der Waals surface area contributed by atoms with Gasteiger partial charge in [0.05, 0.1) is 55.4 Å². The first-order valence-corrected chi connectivity index (χ1v) is 20.3. The monoisotopic (exact) mass is 730 g/mol. The van der Waals surface area contributed by atoms with E-state index in [2.05, 4.69) is 60.5 Å². The van der Waals surface area contributed by atoms with Crippen LogP contribution in [0.2, 0.25) is 0 Å². The van der Waals surface area contributed by atoms with E-state index in [4.69, 9.17) is 14.6 Å². The average molecular weight is 731 g/mol. The van der Waals surface area contributed by atoms with E-state index >= 15 is 0 Å².